The van der Waals surface area contributed by atoms with Gasteiger partial charge in [-0.25, -0.2) is 0 Å². The van der Waals surface area contributed by atoms with Crippen LogP contribution in [-0.4, -0.2) is 41.2 Å². The van der Waals surface area contributed by atoms with Gasteiger partial charge in [0.15, 0.2) is 0 Å². The summed E-state index contributed by atoms with van der Waals surface area (Å²) >= 11 is 1.52. The van der Waals surface area contributed by atoms with Crippen molar-refractivity contribution < 1.29 is 14.7 Å². The zero-order chi connectivity index (χ0) is 15.4. The van der Waals surface area contributed by atoms with Gasteiger partial charge in [-0.05, 0) is 42.5 Å². The fourth-order valence-electron chi connectivity index (χ4n) is 2.48. The van der Waals surface area contributed by atoms with E-state index in [0.717, 1.165) is 17.7 Å². The smallest absolute Gasteiger partial charge is 0.308 e. The third kappa shape index (κ3) is 4.24. The van der Waals surface area contributed by atoms with Crippen LogP contribution in [0, 0.1) is 5.92 Å². The summed E-state index contributed by atoms with van der Waals surface area (Å²) in [6.07, 6.45) is 3.51. The van der Waals surface area contributed by atoms with Crippen LogP contribution in [0.15, 0.2) is 23.1 Å². The van der Waals surface area contributed by atoms with E-state index in [9.17, 15) is 9.59 Å². The molecule has 21 heavy (non-hydrogen) atoms. The molecule has 1 aromatic rings. The van der Waals surface area contributed by atoms with E-state index in [0.29, 0.717) is 5.75 Å². The van der Waals surface area contributed by atoms with E-state index in [-0.39, 0.29) is 12.5 Å². The Morgan fingerprint density at radius 3 is 2.76 bits per heavy atom. The maximum Gasteiger partial charge on any atom is 0.308 e. The Morgan fingerprint density at radius 2 is 2.05 bits per heavy atom. The van der Waals surface area contributed by atoms with Crippen molar-refractivity contribution in [1.82, 2.24) is 4.90 Å². The minimum Gasteiger partial charge on any atom is -0.481 e. The number of carboxylic acid groups (broad SMARTS) is 1. The van der Waals surface area contributed by atoms with Gasteiger partial charge in [0, 0.05) is 18.5 Å². The second-order valence-corrected chi connectivity index (χ2v) is 6.64. The Hall–Kier alpha value is -1.49. The number of rotatable bonds is 6. The predicted molar refractivity (Wildman–Crippen MR) is 83.6 cm³/mol. The molecule has 1 aliphatic carbocycles. The largest absolute Gasteiger partial charge is 0.481 e. The zero-order valence-electron chi connectivity index (χ0n) is 12.5. The molecular formula is C16H21NO3S. The summed E-state index contributed by atoms with van der Waals surface area (Å²) in [5.41, 5.74) is 2.83. The number of hydrogen-bond donors (Lipinski definition) is 1. The number of carboxylic acids is 1. The second-order valence-electron chi connectivity index (χ2n) is 5.59. The monoisotopic (exact) mass is 307 g/mol. The molecule has 1 unspecified atom stereocenters. The minimum atomic E-state index is -0.874. The summed E-state index contributed by atoms with van der Waals surface area (Å²) in [6.45, 7) is 1.86. The molecule has 0 aromatic heterocycles. The molecule has 0 spiro atoms. The zero-order valence-corrected chi connectivity index (χ0v) is 13.3. The van der Waals surface area contributed by atoms with Gasteiger partial charge in [-0.3, -0.25) is 9.59 Å². The molecule has 5 heteroatoms. The lowest BCUT2D eigenvalue weighted by atomic mass is 10.1. The first-order valence-electron chi connectivity index (χ1n) is 7.18. The number of carbonyl (C=O) groups is 2. The first kappa shape index (κ1) is 15.9. The fourth-order valence-corrected chi connectivity index (χ4v) is 3.38. The van der Waals surface area contributed by atoms with E-state index < -0.39 is 11.9 Å². The number of aryl methyl sites for hydroxylation is 2. The van der Waals surface area contributed by atoms with Crippen molar-refractivity contribution in [1.29, 1.82) is 0 Å². The van der Waals surface area contributed by atoms with Gasteiger partial charge in [0.1, 0.15) is 0 Å². The maximum atomic E-state index is 12.0. The summed E-state index contributed by atoms with van der Waals surface area (Å²) in [5, 5.41) is 8.87. The average Bonchev–Trinajstić information content (AvgIpc) is 2.91. The lowest BCUT2D eigenvalue weighted by molar-refractivity contribution is -0.142. The van der Waals surface area contributed by atoms with Crippen molar-refractivity contribution in [2.75, 3.05) is 19.3 Å². The molecule has 4 nitrogen and oxygen atoms in total. The van der Waals surface area contributed by atoms with E-state index in [2.05, 4.69) is 18.2 Å². The van der Waals surface area contributed by atoms with Crippen LogP contribution >= 0.6 is 11.8 Å². The normalized spacial score (nSPS) is 14.6. The Labute approximate surface area is 129 Å². The van der Waals surface area contributed by atoms with Gasteiger partial charge in [-0.2, -0.15) is 0 Å². The third-order valence-corrected chi connectivity index (χ3v) is 4.81. The SMILES string of the molecule is CC(CN(C)C(=O)CSc1ccc2c(c1)CCC2)C(=O)O. The highest BCUT2D eigenvalue weighted by atomic mass is 32.2. The van der Waals surface area contributed by atoms with Crippen LogP contribution in [0.3, 0.4) is 0 Å². The van der Waals surface area contributed by atoms with Crippen molar-refractivity contribution in [2.24, 2.45) is 5.92 Å². The van der Waals surface area contributed by atoms with Gasteiger partial charge in [-0.1, -0.05) is 13.0 Å². The van der Waals surface area contributed by atoms with Crippen LogP contribution in [0.25, 0.3) is 0 Å². The lowest BCUT2D eigenvalue weighted by Gasteiger charge is -2.19. The molecule has 1 aliphatic rings. The molecule has 2 rings (SSSR count). The molecule has 0 fully saturated rings. The summed E-state index contributed by atoms with van der Waals surface area (Å²) in [6, 6.07) is 6.41. The van der Waals surface area contributed by atoms with Crippen LogP contribution in [-0.2, 0) is 22.4 Å². The molecule has 0 radical (unpaired) electrons. The van der Waals surface area contributed by atoms with Crippen molar-refractivity contribution in [3.05, 3.63) is 29.3 Å². The van der Waals surface area contributed by atoms with Gasteiger partial charge < -0.3 is 10.0 Å². The summed E-state index contributed by atoms with van der Waals surface area (Å²) in [5.74, 6) is -1.10. The van der Waals surface area contributed by atoms with Gasteiger partial charge in [0.2, 0.25) is 5.91 Å². The molecule has 1 N–H and O–H groups in total. The number of carbonyl (C=O) groups excluding carboxylic acids is 1. The predicted octanol–water partition coefficient (Wildman–Crippen LogP) is 2.45. The number of fused-ring (bicyclic) bond motifs is 1. The molecule has 0 bridgehead atoms. The lowest BCUT2D eigenvalue weighted by Crippen LogP contribution is -2.34. The number of thioether (sulfide) groups is 1. The Kier molecular flexibility index (Phi) is 5.28. The van der Waals surface area contributed by atoms with E-state index in [1.807, 2.05) is 0 Å². The van der Waals surface area contributed by atoms with Gasteiger partial charge in [0.05, 0.1) is 11.7 Å². The first-order chi connectivity index (χ1) is 9.97. The number of hydrogen-bond acceptors (Lipinski definition) is 3. The van der Waals surface area contributed by atoms with Crippen molar-refractivity contribution in [3.8, 4) is 0 Å². The van der Waals surface area contributed by atoms with E-state index in [1.165, 1.54) is 34.2 Å². The highest BCUT2D eigenvalue weighted by Crippen LogP contribution is 2.27. The van der Waals surface area contributed by atoms with Crippen molar-refractivity contribution >= 4 is 23.6 Å². The van der Waals surface area contributed by atoms with Crippen LogP contribution in [0.2, 0.25) is 0 Å². The second kappa shape index (κ2) is 6.98. The molecule has 0 heterocycles. The quantitative estimate of drug-likeness (QED) is 0.820. The fraction of sp³-hybridized carbons (Fsp3) is 0.500. The Bertz CT molecular complexity index is 544. The van der Waals surface area contributed by atoms with E-state index in [4.69, 9.17) is 5.11 Å². The molecule has 0 saturated heterocycles. The van der Waals surface area contributed by atoms with E-state index in [1.54, 1.807) is 14.0 Å². The topological polar surface area (TPSA) is 57.6 Å². The van der Waals surface area contributed by atoms with Gasteiger partial charge >= 0.3 is 5.97 Å². The van der Waals surface area contributed by atoms with Crippen LogP contribution in [0.5, 0.6) is 0 Å². The molecule has 0 aliphatic heterocycles. The summed E-state index contributed by atoms with van der Waals surface area (Å²) < 4.78 is 0. The standard InChI is InChI=1S/C16H21NO3S/c1-11(16(19)20)9-17(2)15(18)10-21-14-7-6-12-4-3-5-13(12)8-14/h6-8,11H,3-5,9-10H2,1-2H3,(H,19,20). The molecule has 1 atom stereocenters. The maximum absolute atomic E-state index is 12.0. The average molecular weight is 307 g/mol. The molecule has 0 saturated carbocycles. The molecule has 114 valence electrons. The van der Waals surface area contributed by atoms with E-state index >= 15 is 0 Å². The third-order valence-electron chi connectivity index (χ3n) is 3.83. The Balaban J connectivity index is 1.85. The van der Waals surface area contributed by atoms with Crippen molar-refractivity contribution in [2.45, 2.75) is 31.1 Å². The number of benzene rings is 1. The Morgan fingerprint density at radius 1 is 1.33 bits per heavy atom. The van der Waals surface area contributed by atoms with Crippen LogP contribution < -0.4 is 0 Å². The number of amides is 1. The van der Waals surface area contributed by atoms with Gasteiger partial charge in [-0.15, -0.1) is 11.8 Å². The number of aliphatic carboxylic acids is 1. The highest BCUT2D eigenvalue weighted by molar-refractivity contribution is 8.00. The van der Waals surface area contributed by atoms with Crippen LogP contribution in [0.1, 0.15) is 24.5 Å². The van der Waals surface area contributed by atoms with Crippen molar-refractivity contribution in [3.63, 3.8) is 0 Å². The molecule has 1 aromatic carbocycles. The number of nitrogens with zero attached hydrogens (tertiary/aromatic N) is 1. The van der Waals surface area contributed by atoms with Gasteiger partial charge in [0.25, 0.3) is 0 Å². The minimum absolute atomic E-state index is 0.0337. The summed E-state index contributed by atoms with van der Waals surface area (Å²) in [4.78, 5) is 25.4. The molecular weight excluding hydrogens is 286 g/mol. The first-order valence-corrected chi connectivity index (χ1v) is 8.17. The summed E-state index contributed by atoms with van der Waals surface area (Å²) in [7, 11) is 1.66. The highest BCUT2D eigenvalue weighted by Gasteiger charge is 2.18. The molecule has 1 amide bonds. The van der Waals surface area contributed by atoms with Crippen LogP contribution in [0.4, 0.5) is 0 Å².